The first-order valence-corrected chi connectivity index (χ1v) is 4.13. The molecule has 0 aromatic heterocycles. The molecule has 2 atom stereocenters. The Morgan fingerprint density at radius 2 is 1.90 bits per heavy atom. The van der Waals surface area contributed by atoms with E-state index in [0.29, 0.717) is 0 Å². The number of rotatable bonds is 1. The minimum absolute atomic E-state index is 0.154. The van der Waals surface area contributed by atoms with Crippen LogP contribution in [0.15, 0.2) is 0 Å². The van der Waals surface area contributed by atoms with Gasteiger partial charge in [0.15, 0.2) is 0 Å². The van der Waals surface area contributed by atoms with E-state index in [9.17, 15) is 0 Å². The van der Waals surface area contributed by atoms with Gasteiger partial charge in [0, 0.05) is 12.5 Å². The molecule has 1 aliphatic rings. The van der Waals surface area contributed by atoms with Gasteiger partial charge in [-0.1, -0.05) is 20.3 Å². The molecule has 2 heteroatoms. The molecule has 0 radical (unpaired) electrons. The zero-order valence-corrected chi connectivity index (χ0v) is 6.88. The summed E-state index contributed by atoms with van der Waals surface area (Å²) < 4.78 is 0. The largest absolute Gasteiger partial charge is 0.396 e. The summed E-state index contributed by atoms with van der Waals surface area (Å²) >= 11 is 0. The first-order valence-electron chi connectivity index (χ1n) is 4.13. The molecule has 62 valence electrons. The highest BCUT2D eigenvalue weighted by molar-refractivity contribution is 4.75. The van der Waals surface area contributed by atoms with Gasteiger partial charge in [-0.2, -0.15) is 0 Å². The van der Waals surface area contributed by atoms with Crippen LogP contribution in [0.5, 0.6) is 0 Å². The first kappa shape index (κ1) is 9.92. The van der Waals surface area contributed by atoms with Gasteiger partial charge in [0.2, 0.25) is 0 Å². The average molecular weight is 146 g/mol. The predicted octanol–water partition coefficient (Wildman–Crippen LogP) is 1.17. The highest BCUT2D eigenvalue weighted by Crippen LogP contribution is 2.24. The Morgan fingerprint density at radius 3 is 2.10 bits per heavy atom. The molecule has 1 fully saturated rings. The Hall–Kier alpha value is -0.0800. The van der Waals surface area contributed by atoms with Crippen LogP contribution >= 0.6 is 0 Å². The standard InChI is InChI=1S/C6H12O2.C2H6/c7-4-5-2-1-3-6(5)8;1-2/h5-8H,1-4H2;1-2H3. The van der Waals surface area contributed by atoms with Gasteiger partial charge in [-0.3, -0.25) is 0 Å². The van der Waals surface area contributed by atoms with Crippen LogP contribution in [-0.2, 0) is 0 Å². The van der Waals surface area contributed by atoms with Gasteiger partial charge in [-0.25, -0.2) is 0 Å². The van der Waals surface area contributed by atoms with Crippen molar-refractivity contribution in [2.45, 2.75) is 39.2 Å². The van der Waals surface area contributed by atoms with Gasteiger partial charge in [0.1, 0.15) is 0 Å². The molecule has 2 nitrogen and oxygen atoms in total. The molecule has 10 heavy (non-hydrogen) atoms. The lowest BCUT2D eigenvalue weighted by Gasteiger charge is -2.08. The van der Waals surface area contributed by atoms with E-state index in [4.69, 9.17) is 10.2 Å². The number of hydrogen-bond acceptors (Lipinski definition) is 2. The molecule has 2 N–H and O–H groups in total. The fourth-order valence-corrected chi connectivity index (χ4v) is 1.23. The second-order valence-electron chi connectivity index (χ2n) is 2.44. The summed E-state index contributed by atoms with van der Waals surface area (Å²) in [5.74, 6) is 0.176. The smallest absolute Gasteiger partial charge is 0.0590 e. The van der Waals surface area contributed by atoms with Crippen LogP contribution in [0.1, 0.15) is 33.1 Å². The monoisotopic (exact) mass is 146 g/mol. The number of aliphatic hydroxyl groups excluding tert-OH is 2. The molecule has 1 aliphatic carbocycles. The van der Waals surface area contributed by atoms with Crippen molar-refractivity contribution in [2.24, 2.45) is 5.92 Å². The molecule has 1 saturated carbocycles. The third kappa shape index (κ3) is 2.67. The molecule has 0 spiro atoms. The summed E-state index contributed by atoms with van der Waals surface area (Å²) in [6.07, 6.45) is 2.73. The molecule has 0 aromatic rings. The minimum atomic E-state index is -0.222. The van der Waals surface area contributed by atoms with Gasteiger partial charge in [0.05, 0.1) is 6.10 Å². The molecule has 0 heterocycles. The molecule has 1 rings (SSSR count). The van der Waals surface area contributed by atoms with E-state index in [2.05, 4.69) is 0 Å². The van der Waals surface area contributed by atoms with E-state index in [1.54, 1.807) is 0 Å². The van der Waals surface area contributed by atoms with Crippen molar-refractivity contribution >= 4 is 0 Å². The average Bonchev–Trinajstić information content (AvgIpc) is 2.39. The lowest BCUT2D eigenvalue weighted by Crippen LogP contribution is -2.16. The lowest BCUT2D eigenvalue weighted by molar-refractivity contribution is 0.0909. The Labute approximate surface area is 62.9 Å². The molecule has 2 unspecified atom stereocenters. The fraction of sp³-hybridized carbons (Fsp3) is 1.00. The second kappa shape index (κ2) is 5.69. The summed E-state index contributed by atoms with van der Waals surface area (Å²) in [6, 6.07) is 0. The third-order valence-electron chi connectivity index (χ3n) is 1.85. The Kier molecular flexibility index (Phi) is 5.64. The lowest BCUT2D eigenvalue weighted by atomic mass is 10.1. The van der Waals surface area contributed by atoms with E-state index >= 15 is 0 Å². The maximum atomic E-state index is 9.03. The summed E-state index contributed by atoms with van der Waals surface area (Å²) in [5, 5.41) is 17.6. The zero-order chi connectivity index (χ0) is 7.98. The van der Waals surface area contributed by atoms with Gasteiger partial charge in [-0.15, -0.1) is 0 Å². The molecular weight excluding hydrogens is 128 g/mol. The van der Waals surface area contributed by atoms with Gasteiger partial charge in [-0.05, 0) is 12.8 Å². The molecule has 0 bridgehead atoms. The quantitative estimate of drug-likeness (QED) is 0.583. The normalized spacial score (nSPS) is 31.2. The van der Waals surface area contributed by atoms with E-state index < -0.39 is 0 Å². The highest BCUT2D eigenvalue weighted by atomic mass is 16.3. The van der Waals surface area contributed by atoms with Crippen molar-refractivity contribution in [1.29, 1.82) is 0 Å². The molecular formula is C8H18O2. The van der Waals surface area contributed by atoms with Gasteiger partial charge in [0.25, 0.3) is 0 Å². The number of hydrogen-bond donors (Lipinski definition) is 2. The highest BCUT2D eigenvalue weighted by Gasteiger charge is 2.23. The fourth-order valence-electron chi connectivity index (χ4n) is 1.23. The third-order valence-corrected chi connectivity index (χ3v) is 1.85. The van der Waals surface area contributed by atoms with Crippen molar-refractivity contribution in [1.82, 2.24) is 0 Å². The van der Waals surface area contributed by atoms with Crippen LogP contribution in [0.25, 0.3) is 0 Å². The summed E-state index contributed by atoms with van der Waals surface area (Å²) in [5.41, 5.74) is 0. The maximum absolute atomic E-state index is 9.03. The molecule has 0 aliphatic heterocycles. The van der Waals surface area contributed by atoms with Crippen molar-refractivity contribution in [2.75, 3.05) is 6.61 Å². The van der Waals surface area contributed by atoms with Crippen molar-refractivity contribution in [3.8, 4) is 0 Å². The van der Waals surface area contributed by atoms with Crippen LogP contribution in [0.4, 0.5) is 0 Å². The summed E-state index contributed by atoms with van der Waals surface area (Å²) in [4.78, 5) is 0. The zero-order valence-electron chi connectivity index (χ0n) is 6.88. The number of aliphatic hydroxyl groups is 2. The topological polar surface area (TPSA) is 40.5 Å². The van der Waals surface area contributed by atoms with Gasteiger partial charge >= 0.3 is 0 Å². The second-order valence-corrected chi connectivity index (χ2v) is 2.44. The van der Waals surface area contributed by atoms with E-state index in [-0.39, 0.29) is 18.6 Å². The van der Waals surface area contributed by atoms with E-state index in [0.717, 1.165) is 19.3 Å². The van der Waals surface area contributed by atoms with E-state index in [1.165, 1.54) is 0 Å². The van der Waals surface area contributed by atoms with Crippen LogP contribution < -0.4 is 0 Å². The van der Waals surface area contributed by atoms with Crippen LogP contribution in [0.2, 0.25) is 0 Å². The Morgan fingerprint density at radius 1 is 1.30 bits per heavy atom. The van der Waals surface area contributed by atoms with Crippen molar-refractivity contribution in [3.63, 3.8) is 0 Å². The van der Waals surface area contributed by atoms with E-state index in [1.807, 2.05) is 13.8 Å². The Balaban J connectivity index is 0.000000371. The predicted molar refractivity (Wildman–Crippen MR) is 41.8 cm³/mol. The van der Waals surface area contributed by atoms with Crippen molar-refractivity contribution < 1.29 is 10.2 Å². The van der Waals surface area contributed by atoms with Crippen LogP contribution in [0, 0.1) is 5.92 Å². The first-order chi connectivity index (χ1) is 4.84. The van der Waals surface area contributed by atoms with Crippen LogP contribution in [0.3, 0.4) is 0 Å². The molecule has 0 amide bonds. The summed E-state index contributed by atoms with van der Waals surface area (Å²) in [7, 11) is 0. The minimum Gasteiger partial charge on any atom is -0.396 e. The molecule has 0 aromatic carbocycles. The van der Waals surface area contributed by atoms with Crippen molar-refractivity contribution in [3.05, 3.63) is 0 Å². The summed E-state index contributed by atoms with van der Waals surface area (Å²) in [6.45, 7) is 4.15. The maximum Gasteiger partial charge on any atom is 0.0590 e. The Bertz CT molecular complexity index is 73.7. The van der Waals surface area contributed by atoms with Crippen LogP contribution in [-0.4, -0.2) is 22.9 Å². The van der Waals surface area contributed by atoms with Gasteiger partial charge < -0.3 is 10.2 Å². The SMILES string of the molecule is CC.OCC1CCCC1O. The molecule has 0 saturated heterocycles.